The van der Waals surface area contributed by atoms with Crippen molar-refractivity contribution in [3.05, 3.63) is 33.8 Å². The number of halogens is 2. The Morgan fingerprint density at radius 1 is 1.53 bits per heavy atom. The Kier molecular flexibility index (Phi) is 6.30. The van der Waals surface area contributed by atoms with Crippen LogP contribution in [0.1, 0.15) is 18.1 Å². The number of nitrogens with one attached hydrogen (secondary N) is 1. The maximum Gasteiger partial charge on any atom is 0.227 e. The Morgan fingerprint density at radius 3 is 2.89 bits per heavy atom. The first-order chi connectivity index (χ1) is 8.56. The number of nitrogens with zero attached hydrogens (tertiary/aromatic N) is 1. The number of hydrogen-bond acceptors (Lipinski definition) is 2. The van der Waals surface area contributed by atoms with Crippen LogP contribution in [0.2, 0.25) is 0 Å². The zero-order chi connectivity index (χ0) is 13.1. The van der Waals surface area contributed by atoms with Gasteiger partial charge in [-0.05, 0) is 37.1 Å². The fourth-order valence-corrected chi connectivity index (χ4v) is 2.77. The molecule has 1 amide bonds. The van der Waals surface area contributed by atoms with Crippen LogP contribution in [-0.4, -0.2) is 36.5 Å². The molecule has 0 spiro atoms. The molecule has 5 heteroatoms. The Balaban J connectivity index is 0.00000180. The third-order valence-electron chi connectivity index (χ3n) is 3.37. The Bertz CT molecular complexity index is 453. The largest absolute Gasteiger partial charge is 0.340 e. The molecule has 0 aromatic heterocycles. The highest BCUT2D eigenvalue weighted by Crippen LogP contribution is 2.17. The minimum Gasteiger partial charge on any atom is -0.340 e. The molecule has 1 aromatic rings. The summed E-state index contributed by atoms with van der Waals surface area (Å²) in [6.45, 7) is 6.69. The highest BCUT2D eigenvalue weighted by molar-refractivity contribution is 9.10. The molecule has 0 bridgehead atoms. The standard InChI is InChI=1S/C14H19BrN2O.ClH/c1-10-7-13(15)4-3-12(10)8-14(18)17-6-5-16-11(2)9-17;/h3-4,7,11,16H,5-6,8-9H2,1-2H3;1H/t11-;/m1./s1. The van der Waals surface area contributed by atoms with Crippen LogP contribution in [0.3, 0.4) is 0 Å². The molecule has 106 valence electrons. The summed E-state index contributed by atoms with van der Waals surface area (Å²) in [7, 11) is 0. The van der Waals surface area contributed by atoms with Crippen LogP contribution < -0.4 is 5.32 Å². The maximum atomic E-state index is 12.2. The first-order valence-electron chi connectivity index (χ1n) is 6.32. The lowest BCUT2D eigenvalue weighted by Gasteiger charge is -2.32. The van der Waals surface area contributed by atoms with Crippen LogP contribution in [0.5, 0.6) is 0 Å². The molecule has 1 N–H and O–H groups in total. The highest BCUT2D eigenvalue weighted by Gasteiger charge is 2.20. The number of amides is 1. The van der Waals surface area contributed by atoms with Crippen LogP contribution in [0.15, 0.2) is 22.7 Å². The number of carbonyl (C=O) groups is 1. The van der Waals surface area contributed by atoms with E-state index in [2.05, 4.69) is 34.2 Å². The Hall–Kier alpha value is -0.580. The molecule has 0 saturated carbocycles. The van der Waals surface area contributed by atoms with E-state index in [9.17, 15) is 4.79 Å². The number of rotatable bonds is 2. The fourth-order valence-electron chi connectivity index (χ4n) is 2.29. The van der Waals surface area contributed by atoms with Gasteiger partial charge in [0, 0.05) is 30.1 Å². The van der Waals surface area contributed by atoms with Gasteiger partial charge in [0.15, 0.2) is 0 Å². The van der Waals surface area contributed by atoms with E-state index >= 15 is 0 Å². The van der Waals surface area contributed by atoms with E-state index in [1.807, 2.05) is 24.0 Å². The van der Waals surface area contributed by atoms with Crippen molar-refractivity contribution in [2.24, 2.45) is 0 Å². The molecular formula is C14H20BrClN2O. The normalized spacial score (nSPS) is 18.9. The van der Waals surface area contributed by atoms with Gasteiger partial charge in [-0.2, -0.15) is 0 Å². The molecule has 0 unspecified atom stereocenters. The van der Waals surface area contributed by atoms with Crippen LogP contribution in [0.25, 0.3) is 0 Å². The molecule has 3 nitrogen and oxygen atoms in total. The van der Waals surface area contributed by atoms with Gasteiger partial charge >= 0.3 is 0 Å². The van der Waals surface area contributed by atoms with Gasteiger partial charge in [-0.25, -0.2) is 0 Å². The molecule has 0 aliphatic carbocycles. The van der Waals surface area contributed by atoms with Crippen molar-refractivity contribution in [2.45, 2.75) is 26.3 Å². The zero-order valence-corrected chi connectivity index (χ0v) is 13.7. The molecule has 1 atom stereocenters. The summed E-state index contributed by atoms with van der Waals surface area (Å²) in [5.41, 5.74) is 2.29. The van der Waals surface area contributed by atoms with Gasteiger partial charge in [0.25, 0.3) is 0 Å². The van der Waals surface area contributed by atoms with Crippen molar-refractivity contribution in [3.63, 3.8) is 0 Å². The molecule has 1 heterocycles. The van der Waals surface area contributed by atoms with Crippen molar-refractivity contribution in [1.29, 1.82) is 0 Å². The van der Waals surface area contributed by atoms with E-state index in [1.54, 1.807) is 0 Å². The van der Waals surface area contributed by atoms with Gasteiger partial charge in [0.05, 0.1) is 6.42 Å². The van der Waals surface area contributed by atoms with Gasteiger partial charge in [0.1, 0.15) is 0 Å². The summed E-state index contributed by atoms with van der Waals surface area (Å²) in [6.07, 6.45) is 0.506. The smallest absolute Gasteiger partial charge is 0.227 e. The van der Waals surface area contributed by atoms with E-state index in [0.717, 1.165) is 29.7 Å². The van der Waals surface area contributed by atoms with Crippen molar-refractivity contribution < 1.29 is 4.79 Å². The molecule has 19 heavy (non-hydrogen) atoms. The number of piperazine rings is 1. The van der Waals surface area contributed by atoms with E-state index in [0.29, 0.717) is 12.5 Å². The van der Waals surface area contributed by atoms with Crippen molar-refractivity contribution in [2.75, 3.05) is 19.6 Å². The summed E-state index contributed by atoms with van der Waals surface area (Å²) < 4.78 is 1.06. The predicted molar refractivity (Wildman–Crippen MR) is 83.9 cm³/mol. The van der Waals surface area contributed by atoms with Gasteiger partial charge in [-0.15, -0.1) is 12.4 Å². The van der Waals surface area contributed by atoms with Gasteiger partial charge < -0.3 is 10.2 Å². The molecule has 1 aliphatic heterocycles. The second-order valence-electron chi connectivity index (χ2n) is 4.94. The lowest BCUT2D eigenvalue weighted by atomic mass is 10.0. The van der Waals surface area contributed by atoms with E-state index in [1.165, 1.54) is 5.56 Å². The SMILES string of the molecule is Cc1cc(Br)ccc1CC(=O)N1CCN[C@H](C)C1.Cl. The highest BCUT2D eigenvalue weighted by atomic mass is 79.9. The van der Waals surface area contributed by atoms with Crippen molar-refractivity contribution in [1.82, 2.24) is 10.2 Å². The van der Waals surface area contributed by atoms with Crippen molar-refractivity contribution in [3.8, 4) is 0 Å². The Morgan fingerprint density at radius 2 is 2.26 bits per heavy atom. The third kappa shape index (κ3) is 4.48. The summed E-state index contributed by atoms with van der Waals surface area (Å²) in [4.78, 5) is 14.2. The summed E-state index contributed by atoms with van der Waals surface area (Å²) in [5.74, 6) is 0.230. The maximum absolute atomic E-state index is 12.2. The Labute approximate surface area is 129 Å². The minimum atomic E-state index is 0. The predicted octanol–water partition coefficient (Wildman–Crippen LogP) is 2.54. The van der Waals surface area contributed by atoms with Crippen LogP contribution >= 0.6 is 28.3 Å². The number of benzene rings is 1. The number of aryl methyl sites for hydroxylation is 1. The van der Waals surface area contributed by atoms with E-state index < -0.39 is 0 Å². The topological polar surface area (TPSA) is 32.3 Å². The van der Waals surface area contributed by atoms with E-state index in [4.69, 9.17) is 0 Å². The molecule has 1 fully saturated rings. The molecule has 2 rings (SSSR count). The van der Waals surface area contributed by atoms with Crippen LogP contribution in [0.4, 0.5) is 0 Å². The lowest BCUT2D eigenvalue weighted by molar-refractivity contribution is -0.131. The number of carbonyl (C=O) groups excluding carboxylic acids is 1. The average Bonchev–Trinajstić information content (AvgIpc) is 2.32. The monoisotopic (exact) mass is 346 g/mol. The second kappa shape index (κ2) is 7.27. The van der Waals surface area contributed by atoms with Crippen LogP contribution in [-0.2, 0) is 11.2 Å². The summed E-state index contributed by atoms with van der Waals surface area (Å²) >= 11 is 3.44. The first-order valence-corrected chi connectivity index (χ1v) is 7.12. The number of hydrogen-bond donors (Lipinski definition) is 1. The van der Waals surface area contributed by atoms with E-state index in [-0.39, 0.29) is 18.3 Å². The minimum absolute atomic E-state index is 0. The molecular weight excluding hydrogens is 328 g/mol. The molecule has 1 saturated heterocycles. The van der Waals surface area contributed by atoms with Crippen LogP contribution in [0, 0.1) is 6.92 Å². The summed E-state index contributed by atoms with van der Waals surface area (Å²) in [6, 6.07) is 6.48. The average molecular weight is 348 g/mol. The van der Waals surface area contributed by atoms with Gasteiger partial charge in [-0.1, -0.05) is 22.0 Å². The second-order valence-corrected chi connectivity index (χ2v) is 5.86. The fraction of sp³-hybridized carbons (Fsp3) is 0.500. The van der Waals surface area contributed by atoms with Gasteiger partial charge in [-0.3, -0.25) is 4.79 Å². The zero-order valence-electron chi connectivity index (χ0n) is 11.3. The van der Waals surface area contributed by atoms with Gasteiger partial charge in [0.2, 0.25) is 5.91 Å². The molecule has 0 radical (unpaired) electrons. The third-order valence-corrected chi connectivity index (χ3v) is 3.86. The summed E-state index contributed by atoms with van der Waals surface area (Å²) in [5, 5.41) is 3.35. The lowest BCUT2D eigenvalue weighted by Crippen LogP contribution is -2.51. The quantitative estimate of drug-likeness (QED) is 0.891. The van der Waals surface area contributed by atoms with Crippen molar-refractivity contribution >= 4 is 34.2 Å². The molecule has 1 aromatic carbocycles. The first kappa shape index (κ1) is 16.5. The molecule has 1 aliphatic rings.